The normalized spacial score (nSPS) is 11.7. The SMILES string of the molecule is CC(C)(C)C(=O)NCc1ccc(Cl)c(N=CC=S)c1F. The van der Waals surface area contributed by atoms with Crippen LogP contribution >= 0.6 is 23.8 Å². The molecule has 1 rings (SSSR count). The summed E-state index contributed by atoms with van der Waals surface area (Å²) in [6.07, 6.45) is 1.29. The summed E-state index contributed by atoms with van der Waals surface area (Å²) in [6, 6.07) is 3.07. The molecule has 1 aromatic rings. The van der Waals surface area contributed by atoms with Crippen LogP contribution in [0.2, 0.25) is 5.02 Å². The van der Waals surface area contributed by atoms with Gasteiger partial charge in [0.25, 0.3) is 0 Å². The summed E-state index contributed by atoms with van der Waals surface area (Å²) in [7, 11) is 0. The van der Waals surface area contributed by atoms with Crippen LogP contribution in [-0.4, -0.2) is 17.5 Å². The third kappa shape index (κ3) is 4.35. The van der Waals surface area contributed by atoms with E-state index >= 15 is 0 Å². The number of carbonyl (C=O) groups is 1. The van der Waals surface area contributed by atoms with E-state index in [1.807, 2.05) is 0 Å². The van der Waals surface area contributed by atoms with Crippen LogP contribution in [0.1, 0.15) is 26.3 Å². The number of thiocarbonyl (C=S) groups is 1. The van der Waals surface area contributed by atoms with E-state index in [0.717, 1.165) is 0 Å². The highest BCUT2D eigenvalue weighted by atomic mass is 35.5. The van der Waals surface area contributed by atoms with E-state index in [1.54, 1.807) is 26.8 Å². The quantitative estimate of drug-likeness (QED) is 0.677. The highest BCUT2D eigenvalue weighted by molar-refractivity contribution is 7.80. The molecule has 0 aliphatic heterocycles. The summed E-state index contributed by atoms with van der Waals surface area (Å²) < 4.78 is 14.2. The van der Waals surface area contributed by atoms with E-state index < -0.39 is 11.2 Å². The lowest BCUT2D eigenvalue weighted by atomic mass is 9.95. The molecule has 1 amide bonds. The summed E-state index contributed by atoms with van der Waals surface area (Å²) in [5, 5.41) is 4.14. The van der Waals surface area contributed by atoms with Crippen molar-refractivity contribution in [1.29, 1.82) is 0 Å². The lowest BCUT2D eigenvalue weighted by Crippen LogP contribution is -2.34. The van der Waals surface area contributed by atoms with Crippen molar-refractivity contribution in [3.8, 4) is 0 Å². The molecule has 0 heterocycles. The lowest BCUT2D eigenvalue weighted by molar-refractivity contribution is -0.128. The first-order valence-electron chi connectivity index (χ1n) is 6.00. The van der Waals surface area contributed by atoms with E-state index in [9.17, 15) is 9.18 Å². The van der Waals surface area contributed by atoms with Crippen LogP contribution in [0.4, 0.5) is 10.1 Å². The maximum atomic E-state index is 14.2. The smallest absolute Gasteiger partial charge is 0.225 e. The predicted molar refractivity (Wildman–Crippen MR) is 84.5 cm³/mol. The van der Waals surface area contributed by atoms with Gasteiger partial charge in [0.1, 0.15) is 5.69 Å². The van der Waals surface area contributed by atoms with Crippen molar-refractivity contribution < 1.29 is 9.18 Å². The third-order valence-electron chi connectivity index (χ3n) is 2.53. The summed E-state index contributed by atoms with van der Waals surface area (Å²) in [5.74, 6) is -0.712. The number of hydrogen-bond donors (Lipinski definition) is 1. The van der Waals surface area contributed by atoms with Gasteiger partial charge < -0.3 is 5.32 Å². The molecule has 1 N–H and O–H groups in total. The van der Waals surface area contributed by atoms with Gasteiger partial charge in [0.05, 0.1) is 5.02 Å². The van der Waals surface area contributed by atoms with E-state index in [-0.39, 0.29) is 23.2 Å². The van der Waals surface area contributed by atoms with Crippen molar-refractivity contribution >= 4 is 47.0 Å². The molecule has 0 bridgehead atoms. The van der Waals surface area contributed by atoms with E-state index in [1.165, 1.54) is 17.6 Å². The molecule has 0 atom stereocenters. The standard InChI is InChI=1S/C14H16ClFN2OS/c1-14(2,3)13(19)18-8-9-4-5-10(15)12(11(9)16)17-6-7-20/h4-7H,8H2,1-3H3,(H,18,19). The fourth-order valence-corrected chi connectivity index (χ4v) is 1.64. The Morgan fingerprint density at radius 2 is 2.15 bits per heavy atom. The number of benzene rings is 1. The van der Waals surface area contributed by atoms with Crippen LogP contribution in [-0.2, 0) is 11.3 Å². The maximum absolute atomic E-state index is 14.2. The summed E-state index contributed by atoms with van der Waals surface area (Å²) in [6.45, 7) is 5.44. The molecular formula is C14H16ClFN2OS. The molecule has 0 radical (unpaired) electrons. The number of amides is 1. The van der Waals surface area contributed by atoms with Gasteiger partial charge >= 0.3 is 0 Å². The van der Waals surface area contributed by atoms with E-state index in [0.29, 0.717) is 5.56 Å². The van der Waals surface area contributed by atoms with Crippen LogP contribution in [0.5, 0.6) is 0 Å². The average molecular weight is 315 g/mol. The second kappa shape index (κ2) is 6.90. The number of nitrogens with one attached hydrogen (secondary N) is 1. The summed E-state index contributed by atoms with van der Waals surface area (Å²) in [4.78, 5) is 15.6. The first-order chi connectivity index (χ1) is 9.27. The van der Waals surface area contributed by atoms with Gasteiger partial charge in [0.2, 0.25) is 5.91 Å². The minimum atomic E-state index is -0.556. The van der Waals surface area contributed by atoms with Gasteiger partial charge in [-0.25, -0.2) is 4.39 Å². The molecule has 1 aromatic carbocycles. The molecule has 108 valence electrons. The molecule has 0 saturated heterocycles. The fourth-order valence-electron chi connectivity index (χ4n) is 1.38. The minimum absolute atomic E-state index is 0.0234. The van der Waals surface area contributed by atoms with Crippen molar-refractivity contribution in [1.82, 2.24) is 5.32 Å². The molecule has 0 spiro atoms. The number of rotatable bonds is 4. The largest absolute Gasteiger partial charge is 0.351 e. The van der Waals surface area contributed by atoms with Gasteiger partial charge in [-0.2, -0.15) is 0 Å². The summed E-state index contributed by atoms with van der Waals surface area (Å²) in [5.41, 5.74) is -0.181. The van der Waals surface area contributed by atoms with E-state index in [4.69, 9.17) is 11.6 Å². The predicted octanol–water partition coefficient (Wildman–Crippen LogP) is 3.84. The molecular weight excluding hydrogens is 299 g/mol. The van der Waals surface area contributed by atoms with Gasteiger partial charge in [-0.1, -0.05) is 50.7 Å². The van der Waals surface area contributed by atoms with Crippen molar-refractivity contribution in [2.75, 3.05) is 0 Å². The second-order valence-electron chi connectivity index (χ2n) is 5.22. The molecule has 6 heteroatoms. The zero-order valence-electron chi connectivity index (χ0n) is 11.5. The van der Waals surface area contributed by atoms with Crippen molar-refractivity contribution in [2.45, 2.75) is 27.3 Å². The molecule has 0 fully saturated rings. The molecule has 0 aromatic heterocycles. The molecule has 0 aliphatic carbocycles. The van der Waals surface area contributed by atoms with E-state index in [2.05, 4.69) is 22.5 Å². The number of aliphatic imine (C=N–C) groups is 1. The van der Waals surface area contributed by atoms with Crippen LogP contribution < -0.4 is 5.32 Å². The van der Waals surface area contributed by atoms with Crippen molar-refractivity contribution in [2.24, 2.45) is 10.4 Å². The minimum Gasteiger partial charge on any atom is -0.351 e. The maximum Gasteiger partial charge on any atom is 0.225 e. The Kier molecular flexibility index (Phi) is 5.77. The molecule has 3 nitrogen and oxygen atoms in total. The second-order valence-corrected chi connectivity index (χ2v) is 5.90. The van der Waals surface area contributed by atoms with Gasteiger partial charge in [-0.05, 0) is 6.07 Å². The summed E-state index contributed by atoms with van der Waals surface area (Å²) >= 11 is 10.5. The Morgan fingerprint density at radius 1 is 1.50 bits per heavy atom. The van der Waals surface area contributed by atoms with Crippen LogP contribution in [0.3, 0.4) is 0 Å². The van der Waals surface area contributed by atoms with Gasteiger partial charge in [-0.3, -0.25) is 9.79 Å². The number of halogens is 2. The highest BCUT2D eigenvalue weighted by Crippen LogP contribution is 2.30. The lowest BCUT2D eigenvalue weighted by Gasteiger charge is -2.18. The number of nitrogens with zero attached hydrogens (tertiary/aromatic N) is 1. The van der Waals surface area contributed by atoms with Gasteiger partial charge in [0.15, 0.2) is 5.82 Å². The zero-order chi connectivity index (χ0) is 15.3. The highest BCUT2D eigenvalue weighted by Gasteiger charge is 2.21. The van der Waals surface area contributed by atoms with Crippen LogP contribution in [0.15, 0.2) is 17.1 Å². The average Bonchev–Trinajstić information content (AvgIpc) is 2.36. The molecule has 0 aliphatic rings. The Hall–Kier alpha value is -1.33. The third-order valence-corrected chi connectivity index (χ3v) is 2.96. The van der Waals surface area contributed by atoms with Crippen molar-refractivity contribution in [3.63, 3.8) is 0 Å². The topological polar surface area (TPSA) is 41.5 Å². The number of hydrogen-bond acceptors (Lipinski definition) is 3. The molecule has 0 saturated carbocycles. The van der Waals surface area contributed by atoms with Crippen LogP contribution in [0.25, 0.3) is 0 Å². The van der Waals surface area contributed by atoms with Crippen molar-refractivity contribution in [3.05, 3.63) is 28.5 Å². The zero-order valence-corrected chi connectivity index (χ0v) is 13.1. The Balaban J connectivity index is 2.95. The van der Waals surface area contributed by atoms with Crippen LogP contribution in [0, 0.1) is 11.2 Å². The Labute approximate surface area is 128 Å². The molecule has 0 unspecified atom stereocenters. The first kappa shape index (κ1) is 16.7. The monoisotopic (exact) mass is 314 g/mol. The fraction of sp³-hybridized carbons (Fsp3) is 0.357. The number of carbonyl (C=O) groups excluding carboxylic acids is 1. The Morgan fingerprint density at radius 3 is 2.70 bits per heavy atom. The van der Waals surface area contributed by atoms with Gasteiger partial charge in [-0.15, -0.1) is 0 Å². The molecule has 20 heavy (non-hydrogen) atoms. The first-order valence-corrected chi connectivity index (χ1v) is 6.85. The van der Waals surface area contributed by atoms with Gasteiger partial charge in [0, 0.05) is 29.1 Å². The Bertz CT molecular complexity index is 553.